The van der Waals surface area contributed by atoms with Crippen LogP contribution in [0.3, 0.4) is 0 Å². The Morgan fingerprint density at radius 3 is 2.07 bits per heavy atom. The highest BCUT2D eigenvalue weighted by atomic mass is 19.4. The number of esters is 1. The van der Waals surface area contributed by atoms with Crippen LogP contribution in [0.2, 0.25) is 0 Å². The number of aliphatic hydroxyl groups is 1. The van der Waals surface area contributed by atoms with Gasteiger partial charge in [-0.05, 0) is 6.92 Å². The number of hydrogen-bond acceptors (Lipinski definition) is 3. The van der Waals surface area contributed by atoms with Crippen LogP contribution in [0.4, 0.5) is 13.2 Å². The smallest absolute Gasteiger partial charge is 0.428 e. The Bertz CT molecular complexity index is 212. The third-order valence-electron chi connectivity index (χ3n) is 1.85. The molecule has 84 valence electrons. The van der Waals surface area contributed by atoms with Crippen molar-refractivity contribution in [3.8, 4) is 0 Å². The van der Waals surface area contributed by atoms with Crippen molar-refractivity contribution in [2.75, 3.05) is 6.61 Å². The molecule has 0 aromatic carbocycles. The molecule has 1 unspecified atom stereocenters. The van der Waals surface area contributed by atoms with E-state index in [1.807, 2.05) is 0 Å². The first-order valence-electron chi connectivity index (χ1n) is 4.14. The molecule has 0 saturated heterocycles. The molecule has 3 nitrogen and oxygen atoms in total. The summed E-state index contributed by atoms with van der Waals surface area (Å²) in [4.78, 5) is 11.0. The number of hydrogen-bond donors (Lipinski definition) is 1. The van der Waals surface area contributed by atoms with E-state index < -0.39 is 23.7 Å². The van der Waals surface area contributed by atoms with Gasteiger partial charge in [0, 0.05) is 5.92 Å². The maximum atomic E-state index is 12.4. The van der Waals surface area contributed by atoms with E-state index in [0.29, 0.717) is 0 Å². The highest BCUT2D eigenvalue weighted by molar-refractivity contribution is 5.80. The monoisotopic (exact) mass is 214 g/mol. The summed E-state index contributed by atoms with van der Waals surface area (Å²) in [6.07, 6.45) is -5.02. The van der Waals surface area contributed by atoms with Gasteiger partial charge in [0.05, 0.1) is 6.61 Å². The Hall–Kier alpha value is -0.780. The van der Waals surface area contributed by atoms with Crippen molar-refractivity contribution in [3.63, 3.8) is 0 Å². The van der Waals surface area contributed by atoms with Crippen LogP contribution in [0.1, 0.15) is 20.8 Å². The van der Waals surface area contributed by atoms with E-state index in [2.05, 4.69) is 4.74 Å². The van der Waals surface area contributed by atoms with Gasteiger partial charge >= 0.3 is 12.1 Å². The van der Waals surface area contributed by atoms with Crippen LogP contribution >= 0.6 is 0 Å². The fraction of sp³-hybridized carbons (Fsp3) is 0.875. The lowest BCUT2D eigenvalue weighted by molar-refractivity contribution is -0.275. The Labute approximate surface area is 79.9 Å². The van der Waals surface area contributed by atoms with Gasteiger partial charge in [0.25, 0.3) is 5.60 Å². The summed E-state index contributed by atoms with van der Waals surface area (Å²) in [6.45, 7) is 3.37. The minimum Gasteiger partial charge on any atom is -0.464 e. The van der Waals surface area contributed by atoms with Crippen molar-refractivity contribution in [1.82, 2.24) is 0 Å². The van der Waals surface area contributed by atoms with Gasteiger partial charge in [-0.25, -0.2) is 4.79 Å². The molecule has 0 heterocycles. The third-order valence-corrected chi connectivity index (χ3v) is 1.85. The van der Waals surface area contributed by atoms with E-state index >= 15 is 0 Å². The maximum Gasteiger partial charge on any atom is 0.428 e. The second-order valence-corrected chi connectivity index (χ2v) is 3.14. The number of halogens is 3. The van der Waals surface area contributed by atoms with Crippen LogP contribution < -0.4 is 0 Å². The number of carbonyl (C=O) groups is 1. The van der Waals surface area contributed by atoms with Crippen molar-refractivity contribution < 1.29 is 27.8 Å². The van der Waals surface area contributed by atoms with Crippen LogP contribution in [-0.2, 0) is 9.53 Å². The fourth-order valence-corrected chi connectivity index (χ4v) is 0.920. The van der Waals surface area contributed by atoms with E-state index in [0.717, 1.165) is 13.8 Å². The van der Waals surface area contributed by atoms with Gasteiger partial charge in [0.15, 0.2) is 0 Å². The number of alkyl halides is 3. The lowest BCUT2D eigenvalue weighted by Crippen LogP contribution is -2.56. The minimum atomic E-state index is -5.02. The van der Waals surface area contributed by atoms with Crippen LogP contribution in [0.25, 0.3) is 0 Å². The minimum absolute atomic E-state index is 0.204. The summed E-state index contributed by atoms with van der Waals surface area (Å²) in [5.74, 6) is -2.94. The number of ether oxygens (including phenoxy) is 1. The quantitative estimate of drug-likeness (QED) is 0.724. The Balaban J connectivity index is 5.01. The fourth-order valence-electron chi connectivity index (χ4n) is 0.920. The first-order chi connectivity index (χ1) is 6.17. The summed E-state index contributed by atoms with van der Waals surface area (Å²) < 4.78 is 41.3. The molecule has 0 amide bonds. The van der Waals surface area contributed by atoms with Crippen LogP contribution in [0.15, 0.2) is 0 Å². The molecule has 1 atom stereocenters. The molecular weight excluding hydrogens is 201 g/mol. The molecule has 0 aromatic heterocycles. The maximum absolute atomic E-state index is 12.4. The third kappa shape index (κ3) is 2.17. The molecule has 14 heavy (non-hydrogen) atoms. The normalized spacial score (nSPS) is 16.6. The van der Waals surface area contributed by atoms with Gasteiger partial charge in [-0.15, -0.1) is 0 Å². The summed E-state index contributed by atoms with van der Waals surface area (Å²) >= 11 is 0. The van der Waals surface area contributed by atoms with Crippen molar-refractivity contribution in [2.45, 2.75) is 32.5 Å². The second-order valence-electron chi connectivity index (χ2n) is 3.14. The molecule has 0 aliphatic heterocycles. The molecular formula is C8H13F3O3. The zero-order valence-corrected chi connectivity index (χ0v) is 8.18. The zero-order chi connectivity index (χ0) is 11.6. The largest absolute Gasteiger partial charge is 0.464 e. The molecule has 0 radical (unpaired) electrons. The molecule has 0 saturated carbocycles. The lowest BCUT2D eigenvalue weighted by Gasteiger charge is -2.31. The molecule has 1 N–H and O–H groups in total. The second kappa shape index (κ2) is 4.16. The van der Waals surface area contributed by atoms with Gasteiger partial charge < -0.3 is 9.84 Å². The summed E-state index contributed by atoms with van der Waals surface area (Å²) in [7, 11) is 0. The van der Waals surface area contributed by atoms with Crippen LogP contribution in [-0.4, -0.2) is 29.5 Å². The van der Waals surface area contributed by atoms with E-state index in [1.54, 1.807) is 0 Å². The van der Waals surface area contributed by atoms with Crippen LogP contribution in [0.5, 0.6) is 0 Å². The van der Waals surface area contributed by atoms with Crippen molar-refractivity contribution >= 4 is 5.97 Å². The SMILES string of the molecule is CCOC(=O)C(O)(C(C)C)C(F)(F)F. The van der Waals surface area contributed by atoms with E-state index in [9.17, 15) is 23.1 Å². The zero-order valence-electron chi connectivity index (χ0n) is 8.18. The lowest BCUT2D eigenvalue weighted by atomic mass is 9.90. The Morgan fingerprint density at radius 1 is 1.43 bits per heavy atom. The van der Waals surface area contributed by atoms with Crippen molar-refractivity contribution in [3.05, 3.63) is 0 Å². The van der Waals surface area contributed by atoms with E-state index in [-0.39, 0.29) is 6.61 Å². The summed E-state index contributed by atoms with van der Waals surface area (Å²) in [5, 5.41) is 9.23. The van der Waals surface area contributed by atoms with Gasteiger partial charge in [-0.2, -0.15) is 13.2 Å². The first kappa shape index (κ1) is 13.2. The molecule has 0 aromatic rings. The van der Waals surface area contributed by atoms with Gasteiger partial charge in [0.1, 0.15) is 0 Å². The van der Waals surface area contributed by atoms with Crippen molar-refractivity contribution in [1.29, 1.82) is 0 Å². The predicted octanol–water partition coefficient (Wildman–Crippen LogP) is 1.50. The number of carbonyl (C=O) groups excluding carboxylic acids is 1. The van der Waals surface area contributed by atoms with Crippen molar-refractivity contribution in [2.24, 2.45) is 5.92 Å². The molecule has 0 rings (SSSR count). The molecule has 0 aliphatic carbocycles. The highest BCUT2D eigenvalue weighted by Crippen LogP contribution is 2.37. The van der Waals surface area contributed by atoms with E-state index in [4.69, 9.17) is 0 Å². The Morgan fingerprint density at radius 2 is 1.86 bits per heavy atom. The van der Waals surface area contributed by atoms with Gasteiger partial charge in [-0.1, -0.05) is 13.8 Å². The first-order valence-corrected chi connectivity index (χ1v) is 4.14. The average Bonchev–Trinajstić information content (AvgIpc) is 2.00. The van der Waals surface area contributed by atoms with Crippen LogP contribution in [0, 0.1) is 5.92 Å². The molecule has 0 spiro atoms. The topological polar surface area (TPSA) is 46.5 Å². The average molecular weight is 214 g/mol. The predicted molar refractivity (Wildman–Crippen MR) is 42.5 cm³/mol. The standard InChI is InChI=1S/C8H13F3O3/c1-4-14-6(12)7(13,5(2)3)8(9,10)11/h5,13H,4H2,1-3H3. The molecule has 6 heteroatoms. The summed E-state index contributed by atoms with van der Waals surface area (Å²) in [5.41, 5.74) is -3.41. The molecule has 0 fully saturated rings. The van der Waals surface area contributed by atoms with Gasteiger partial charge in [0.2, 0.25) is 0 Å². The highest BCUT2D eigenvalue weighted by Gasteiger charge is 2.62. The van der Waals surface area contributed by atoms with E-state index in [1.165, 1.54) is 6.92 Å². The number of rotatable bonds is 3. The molecule has 0 aliphatic rings. The van der Waals surface area contributed by atoms with Gasteiger partial charge in [-0.3, -0.25) is 0 Å². The summed E-state index contributed by atoms with van der Waals surface area (Å²) in [6, 6.07) is 0. The Kier molecular flexibility index (Phi) is 3.93. The molecule has 0 bridgehead atoms.